The molecule has 0 saturated heterocycles. The maximum absolute atomic E-state index is 12.9. The number of aromatic nitrogens is 1. The molecule has 2 rings (SSSR count). The topological polar surface area (TPSA) is 104 Å². The van der Waals surface area contributed by atoms with Crippen molar-refractivity contribution in [1.82, 2.24) is 10.3 Å². The van der Waals surface area contributed by atoms with E-state index in [1.165, 1.54) is 6.20 Å². The summed E-state index contributed by atoms with van der Waals surface area (Å²) < 4.78 is 0. The number of amides is 1. The molecule has 33 heavy (non-hydrogen) atoms. The van der Waals surface area contributed by atoms with Crippen molar-refractivity contribution in [2.75, 3.05) is 24.2 Å². The number of nitrogens with two attached hydrogens (primary N) is 1. The van der Waals surface area contributed by atoms with Crippen molar-refractivity contribution in [2.45, 2.75) is 85.7 Å². The second kappa shape index (κ2) is 11.0. The molecule has 1 aliphatic carbocycles. The van der Waals surface area contributed by atoms with E-state index in [4.69, 9.17) is 10.7 Å². The molecular weight excluding hydrogens is 412 g/mol. The Bertz CT molecular complexity index is 866. The van der Waals surface area contributed by atoms with Gasteiger partial charge in [0.2, 0.25) is 0 Å². The minimum Gasteiger partial charge on any atom is -0.404 e. The Balaban J connectivity index is 2.17. The number of nitrogens with zero attached hydrogens (tertiary/aromatic N) is 2. The summed E-state index contributed by atoms with van der Waals surface area (Å²) in [7, 11) is 1.90. The molecule has 7 heteroatoms. The highest BCUT2D eigenvalue weighted by Crippen LogP contribution is 2.43. The largest absolute Gasteiger partial charge is 0.404 e. The average Bonchev–Trinajstić information content (AvgIpc) is 2.73. The van der Waals surface area contributed by atoms with Crippen molar-refractivity contribution < 1.29 is 4.79 Å². The van der Waals surface area contributed by atoms with Gasteiger partial charge >= 0.3 is 0 Å². The first-order valence-electron chi connectivity index (χ1n) is 12.0. The van der Waals surface area contributed by atoms with Gasteiger partial charge < -0.3 is 21.7 Å². The standard InChI is InChI=1S/C26H44N6O/c1-17(2)29-15-19(14-27)24(33)32-22-13-18(11-12-26(22,6)7)20-9-10-21(23(28-8)31-20)30-16-25(3,4)5/h9-10,14-15,17-18,22,30H,11-13,16,27H2,1-8H3,(H,28,31)(H,32,33). The van der Waals surface area contributed by atoms with Crippen LogP contribution in [0.15, 0.2) is 28.9 Å². The van der Waals surface area contributed by atoms with E-state index >= 15 is 0 Å². The lowest BCUT2D eigenvalue weighted by atomic mass is 9.68. The predicted molar refractivity (Wildman–Crippen MR) is 140 cm³/mol. The molecule has 1 heterocycles. The van der Waals surface area contributed by atoms with Gasteiger partial charge in [0, 0.05) is 49.7 Å². The summed E-state index contributed by atoms with van der Waals surface area (Å²) in [5, 5.41) is 9.97. The Morgan fingerprint density at radius 1 is 1.33 bits per heavy atom. The van der Waals surface area contributed by atoms with Crippen LogP contribution in [0.4, 0.5) is 11.5 Å². The number of hydrogen-bond donors (Lipinski definition) is 4. The Kier molecular flexibility index (Phi) is 8.92. The number of nitrogens with one attached hydrogen (secondary N) is 3. The maximum Gasteiger partial charge on any atom is 0.254 e. The van der Waals surface area contributed by atoms with Crippen LogP contribution in [0.1, 0.15) is 79.3 Å². The molecule has 1 amide bonds. The average molecular weight is 457 g/mol. The van der Waals surface area contributed by atoms with Crippen molar-refractivity contribution >= 4 is 23.6 Å². The first kappa shape index (κ1) is 26.7. The van der Waals surface area contributed by atoms with Crippen molar-refractivity contribution in [1.29, 1.82) is 0 Å². The molecule has 0 radical (unpaired) electrons. The van der Waals surface area contributed by atoms with Crippen LogP contribution in [0.3, 0.4) is 0 Å². The lowest BCUT2D eigenvalue weighted by Crippen LogP contribution is -2.49. The summed E-state index contributed by atoms with van der Waals surface area (Å²) in [6, 6.07) is 4.36. The van der Waals surface area contributed by atoms with Crippen molar-refractivity contribution in [3.63, 3.8) is 0 Å². The van der Waals surface area contributed by atoms with Gasteiger partial charge in [0.15, 0.2) is 0 Å². The molecule has 1 aromatic heterocycles. The summed E-state index contributed by atoms with van der Waals surface area (Å²) >= 11 is 0. The molecule has 2 unspecified atom stereocenters. The SMILES string of the molecule is CNc1nc(C2CCC(C)(C)C(NC(=O)C(C=NC(C)C)=CN)C2)ccc1NCC(C)(C)C. The summed E-state index contributed by atoms with van der Waals surface area (Å²) in [5.41, 5.74) is 8.35. The summed E-state index contributed by atoms with van der Waals surface area (Å²) in [4.78, 5) is 22.1. The van der Waals surface area contributed by atoms with Crippen LogP contribution < -0.4 is 21.7 Å². The third kappa shape index (κ3) is 7.76. The number of aliphatic imine (C=N–C) groups is 1. The van der Waals surface area contributed by atoms with Crippen LogP contribution in [0.2, 0.25) is 0 Å². The lowest BCUT2D eigenvalue weighted by molar-refractivity contribution is -0.118. The highest BCUT2D eigenvalue weighted by molar-refractivity contribution is 6.12. The molecule has 184 valence electrons. The van der Waals surface area contributed by atoms with Crippen LogP contribution in [-0.4, -0.2) is 42.8 Å². The first-order valence-corrected chi connectivity index (χ1v) is 12.0. The van der Waals surface area contributed by atoms with E-state index in [0.717, 1.165) is 43.0 Å². The van der Waals surface area contributed by atoms with Gasteiger partial charge in [-0.1, -0.05) is 34.6 Å². The van der Waals surface area contributed by atoms with Crippen molar-refractivity contribution in [2.24, 2.45) is 21.6 Å². The smallest absolute Gasteiger partial charge is 0.254 e. The highest BCUT2D eigenvalue weighted by atomic mass is 16.1. The molecule has 1 saturated carbocycles. The molecule has 0 spiro atoms. The predicted octanol–water partition coefficient (Wildman–Crippen LogP) is 4.68. The van der Waals surface area contributed by atoms with E-state index in [0.29, 0.717) is 5.57 Å². The van der Waals surface area contributed by atoms with E-state index in [1.807, 2.05) is 20.9 Å². The molecule has 5 N–H and O–H groups in total. The second-order valence-corrected chi connectivity index (χ2v) is 11.3. The number of carbonyl (C=O) groups excluding carboxylic acids is 1. The second-order valence-electron chi connectivity index (χ2n) is 11.3. The van der Waals surface area contributed by atoms with E-state index in [9.17, 15) is 4.79 Å². The van der Waals surface area contributed by atoms with Crippen molar-refractivity contribution in [3.8, 4) is 0 Å². The van der Waals surface area contributed by atoms with Gasteiger partial charge in [0.05, 0.1) is 11.3 Å². The van der Waals surface area contributed by atoms with E-state index < -0.39 is 0 Å². The summed E-state index contributed by atoms with van der Waals surface area (Å²) in [6.45, 7) is 15.9. The quantitative estimate of drug-likeness (QED) is 0.336. The van der Waals surface area contributed by atoms with Gasteiger partial charge in [-0.3, -0.25) is 9.79 Å². The molecule has 2 atom stereocenters. The Morgan fingerprint density at radius 2 is 2.03 bits per heavy atom. The van der Waals surface area contributed by atoms with Gasteiger partial charge in [-0.05, 0) is 56.1 Å². The van der Waals surface area contributed by atoms with E-state index in [2.05, 4.69) is 67.7 Å². The van der Waals surface area contributed by atoms with E-state index in [1.54, 1.807) is 6.21 Å². The number of hydrogen-bond acceptors (Lipinski definition) is 6. The zero-order valence-electron chi connectivity index (χ0n) is 21.7. The Labute approximate surface area is 200 Å². The Hall–Kier alpha value is -2.57. The fraction of sp³-hybridized carbons (Fsp3) is 0.654. The lowest BCUT2D eigenvalue weighted by Gasteiger charge is -2.42. The minimum absolute atomic E-state index is 0.0128. The number of carbonyl (C=O) groups is 1. The molecular formula is C26H44N6O. The molecule has 7 nitrogen and oxygen atoms in total. The van der Waals surface area contributed by atoms with Crippen molar-refractivity contribution in [3.05, 3.63) is 29.6 Å². The number of anilines is 2. The van der Waals surface area contributed by atoms with Crippen LogP contribution in [-0.2, 0) is 4.79 Å². The number of pyridine rings is 1. The van der Waals surface area contributed by atoms with Crippen LogP contribution in [0.25, 0.3) is 0 Å². The molecule has 1 aliphatic rings. The molecule has 1 aromatic rings. The maximum atomic E-state index is 12.9. The van der Waals surface area contributed by atoms with Gasteiger partial charge in [-0.15, -0.1) is 0 Å². The third-order valence-corrected chi connectivity index (χ3v) is 6.24. The number of rotatable bonds is 8. The fourth-order valence-electron chi connectivity index (χ4n) is 4.01. The third-order valence-electron chi connectivity index (χ3n) is 6.24. The van der Waals surface area contributed by atoms with E-state index in [-0.39, 0.29) is 34.7 Å². The minimum atomic E-state index is -0.175. The monoisotopic (exact) mass is 456 g/mol. The molecule has 0 bridgehead atoms. The normalized spacial score (nSPS) is 21.3. The first-order chi connectivity index (χ1) is 15.4. The molecule has 0 aromatic carbocycles. The van der Waals surface area contributed by atoms with Crippen LogP contribution in [0, 0.1) is 10.8 Å². The summed E-state index contributed by atoms with van der Waals surface area (Å²) in [5.74, 6) is 0.966. The van der Waals surface area contributed by atoms with Crippen LogP contribution in [0.5, 0.6) is 0 Å². The van der Waals surface area contributed by atoms with Gasteiger partial charge in [0.25, 0.3) is 5.91 Å². The molecule has 0 aliphatic heterocycles. The zero-order chi connectivity index (χ0) is 24.8. The Morgan fingerprint density at radius 3 is 2.61 bits per heavy atom. The zero-order valence-corrected chi connectivity index (χ0v) is 21.7. The van der Waals surface area contributed by atoms with Crippen LogP contribution >= 0.6 is 0 Å². The highest BCUT2D eigenvalue weighted by Gasteiger charge is 2.38. The fourth-order valence-corrected chi connectivity index (χ4v) is 4.01. The van der Waals surface area contributed by atoms with Gasteiger partial charge in [-0.2, -0.15) is 0 Å². The summed E-state index contributed by atoms with van der Waals surface area (Å²) in [6.07, 6.45) is 5.78. The van der Waals surface area contributed by atoms with Gasteiger partial charge in [0.1, 0.15) is 5.82 Å². The molecule has 1 fully saturated rings. The van der Waals surface area contributed by atoms with Gasteiger partial charge in [-0.25, -0.2) is 4.98 Å².